The van der Waals surface area contributed by atoms with Crippen molar-refractivity contribution in [3.63, 3.8) is 0 Å². The van der Waals surface area contributed by atoms with Crippen LogP contribution < -0.4 is 0 Å². The zero-order chi connectivity index (χ0) is 17.4. The Balaban J connectivity index is 1.27. The third-order valence-corrected chi connectivity index (χ3v) is 8.75. The number of nitrogens with zero attached hydrogens (tertiary/aromatic N) is 2. The van der Waals surface area contributed by atoms with Gasteiger partial charge in [0.25, 0.3) is 0 Å². The van der Waals surface area contributed by atoms with Crippen molar-refractivity contribution >= 4 is 21.6 Å². The van der Waals surface area contributed by atoms with Crippen molar-refractivity contribution in [3.05, 3.63) is 34.9 Å². The Morgan fingerprint density at radius 3 is 2.20 bits per heavy atom. The normalized spacial score (nSPS) is 27.0. The van der Waals surface area contributed by atoms with E-state index >= 15 is 0 Å². The fourth-order valence-electron chi connectivity index (χ4n) is 4.42. The molecule has 0 aromatic heterocycles. The van der Waals surface area contributed by atoms with E-state index in [1.807, 2.05) is 12.1 Å². The highest BCUT2D eigenvalue weighted by Crippen LogP contribution is 2.36. The highest BCUT2D eigenvalue weighted by Gasteiger charge is 2.42. The summed E-state index contributed by atoms with van der Waals surface area (Å²) in [5.74, 6) is 1.40. The van der Waals surface area contributed by atoms with Crippen LogP contribution in [0, 0.1) is 11.8 Å². The second-order valence-electron chi connectivity index (χ2n) is 7.89. The van der Waals surface area contributed by atoms with Crippen LogP contribution >= 0.6 is 11.6 Å². The molecule has 138 valence electrons. The summed E-state index contributed by atoms with van der Waals surface area (Å²) in [6.45, 7) is 4.74. The molecule has 1 aromatic rings. The summed E-state index contributed by atoms with van der Waals surface area (Å²) in [7, 11) is -2.98. The highest BCUT2D eigenvalue weighted by atomic mass is 35.5. The summed E-state index contributed by atoms with van der Waals surface area (Å²) >= 11 is 5.96. The number of hydrogen-bond donors (Lipinski definition) is 0. The van der Waals surface area contributed by atoms with E-state index in [-0.39, 0.29) is 5.25 Å². The van der Waals surface area contributed by atoms with Gasteiger partial charge in [0.1, 0.15) is 0 Å². The molecule has 6 heteroatoms. The number of piperidine rings is 1. The summed E-state index contributed by atoms with van der Waals surface area (Å²) < 4.78 is 26.5. The number of benzene rings is 1. The summed E-state index contributed by atoms with van der Waals surface area (Å²) in [4.78, 5) is 2.53. The maximum atomic E-state index is 12.4. The lowest BCUT2D eigenvalue weighted by atomic mass is 9.84. The lowest BCUT2D eigenvalue weighted by molar-refractivity contribution is 0.201. The van der Waals surface area contributed by atoms with E-state index in [0.717, 1.165) is 69.3 Å². The molecule has 0 amide bonds. The van der Waals surface area contributed by atoms with Gasteiger partial charge in [0, 0.05) is 31.2 Å². The summed E-state index contributed by atoms with van der Waals surface area (Å²) in [5, 5.41) is 0.723. The van der Waals surface area contributed by atoms with Crippen LogP contribution in [0.25, 0.3) is 0 Å². The molecule has 4 nitrogen and oxygen atoms in total. The number of likely N-dealkylation sites (tertiary alicyclic amines) is 1. The Morgan fingerprint density at radius 1 is 0.920 bits per heavy atom. The first-order valence-electron chi connectivity index (χ1n) is 9.48. The van der Waals surface area contributed by atoms with Gasteiger partial charge in [0.05, 0.1) is 5.25 Å². The minimum absolute atomic E-state index is 0.0644. The van der Waals surface area contributed by atoms with Crippen molar-refractivity contribution in [2.75, 3.05) is 26.2 Å². The molecular weight excluding hydrogens is 356 g/mol. The smallest absolute Gasteiger partial charge is 0.216 e. The van der Waals surface area contributed by atoms with Gasteiger partial charge in [-0.2, -0.15) is 0 Å². The molecule has 25 heavy (non-hydrogen) atoms. The van der Waals surface area contributed by atoms with Gasteiger partial charge in [-0.25, -0.2) is 12.7 Å². The maximum absolute atomic E-state index is 12.4. The van der Waals surface area contributed by atoms with Gasteiger partial charge in [-0.1, -0.05) is 23.7 Å². The Morgan fingerprint density at radius 2 is 1.56 bits per heavy atom. The highest BCUT2D eigenvalue weighted by molar-refractivity contribution is 7.90. The Hall–Kier alpha value is -0.620. The summed E-state index contributed by atoms with van der Waals surface area (Å²) in [5.41, 5.74) is 1.32. The molecule has 0 N–H and O–H groups in total. The summed E-state index contributed by atoms with van der Waals surface area (Å²) in [6, 6.07) is 8.13. The van der Waals surface area contributed by atoms with Crippen molar-refractivity contribution in [2.45, 2.75) is 43.9 Å². The molecule has 0 radical (unpaired) electrons. The number of hydrogen-bond acceptors (Lipinski definition) is 3. The van der Waals surface area contributed by atoms with E-state index in [1.165, 1.54) is 12.0 Å². The second-order valence-corrected chi connectivity index (χ2v) is 10.5. The molecule has 2 saturated heterocycles. The molecule has 1 atom stereocenters. The van der Waals surface area contributed by atoms with Crippen LogP contribution in [0.1, 0.15) is 37.7 Å². The van der Waals surface area contributed by atoms with Gasteiger partial charge >= 0.3 is 0 Å². The Bertz CT molecular complexity index is 695. The minimum Gasteiger partial charge on any atom is -0.299 e. The molecule has 0 spiro atoms. The zero-order valence-corrected chi connectivity index (χ0v) is 16.2. The number of sulfonamides is 1. The van der Waals surface area contributed by atoms with Crippen molar-refractivity contribution in [1.29, 1.82) is 0 Å². The van der Waals surface area contributed by atoms with E-state index in [1.54, 1.807) is 4.31 Å². The molecule has 2 aliphatic heterocycles. The van der Waals surface area contributed by atoms with Gasteiger partial charge in [-0.15, -0.1) is 0 Å². The number of halogens is 1. The van der Waals surface area contributed by atoms with Gasteiger partial charge < -0.3 is 0 Å². The van der Waals surface area contributed by atoms with E-state index in [2.05, 4.69) is 17.0 Å². The quantitative estimate of drug-likeness (QED) is 0.783. The average molecular weight is 383 g/mol. The first-order valence-corrected chi connectivity index (χ1v) is 11.4. The van der Waals surface area contributed by atoms with Crippen LogP contribution in [-0.4, -0.2) is 49.1 Å². The Kier molecular flexibility index (Phi) is 5.11. The standard InChI is InChI=1S/C19H27ClN2O2S/c20-18-3-1-15(2-4-18)13-21-10-7-17(14-21)16-8-11-22(12-9-16)25(23,24)19-5-6-19/h1-4,16-17,19H,5-14H2. The first-order chi connectivity index (χ1) is 12.0. The van der Waals surface area contributed by atoms with Gasteiger partial charge in [0.2, 0.25) is 10.0 Å². The van der Waals surface area contributed by atoms with Crippen molar-refractivity contribution in [3.8, 4) is 0 Å². The van der Waals surface area contributed by atoms with Crippen LogP contribution in [0.4, 0.5) is 0 Å². The first kappa shape index (κ1) is 17.8. The van der Waals surface area contributed by atoms with Crippen LogP contribution in [0.15, 0.2) is 24.3 Å². The predicted molar refractivity (Wildman–Crippen MR) is 101 cm³/mol. The minimum atomic E-state index is -2.98. The predicted octanol–water partition coefficient (Wildman–Crippen LogP) is 3.37. The molecular formula is C19H27ClN2O2S. The van der Waals surface area contributed by atoms with E-state index in [0.29, 0.717) is 5.92 Å². The molecule has 3 aliphatic rings. The van der Waals surface area contributed by atoms with Gasteiger partial charge in [-0.3, -0.25) is 4.90 Å². The lowest BCUT2D eigenvalue weighted by Crippen LogP contribution is -2.41. The SMILES string of the molecule is O=S(=O)(C1CC1)N1CCC(C2CCN(Cc3ccc(Cl)cc3)C2)CC1. The van der Waals surface area contributed by atoms with Crippen molar-refractivity contribution in [2.24, 2.45) is 11.8 Å². The van der Waals surface area contributed by atoms with Crippen molar-refractivity contribution < 1.29 is 8.42 Å². The third-order valence-electron chi connectivity index (χ3n) is 6.10. The van der Waals surface area contributed by atoms with Crippen LogP contribution in [0.2, 0.25) is 5.02 Å². The van der Waals surface area contributed by atoms with Gasteiger partial charge in [0.15, 0.2) is 0 Å². The molecule has 4 rings (SSSR count). The third kappa shape index (κ3) is 4.05. The molecule has 1 aliphatic carbocycles. The second kappa shape index (κ2) is 7.18. The molecule has 0 bridgehead atoms. The monoisotopic (exact) mass is 382 g/mol. The van der Waals surface area contributed by atoms with E-state index in [4.69, 9.17) is 11.6 Å². The maximum Gasteiger partial charge on any atom is 0.216 e. The van der Waals surface area contributed by atoms with Crippen molar-refractivity contribution in [1.82, 2.24) is 9.21 Å². The van der Waals surface area contributed by atoms with Crippen LogP contribution in [0.5, 0.6) is 0 Å². The average Bonchev–Trinajstić information content (AvgIpc) is 3.38. The van der Waals surface area contributed by atoms with Crippen LogP contribution in [0.3, 0.4) is 0 Å². The molecule has 2 heterocycles. The lowest BCUT2D eigenvalue weighted by Gasteiger charge is -2.34. The largest absolute Gasteiger partial charge is 0.299 e. The van der Waals surface area contributed by atoms with E-state index in [9.17, 15) is 8.42 Å². The number of rotatable bonds is 5. The zero-order valence-electron chi connectivity index (χ0n) is 14.6. The molecule has 1 unspecified atom stereocenters. The topological polar surface area (TPSA) is 40.6 Å². The van der Waals surface area contributed by atoms with Gasteiger partial charge in [-0.05, 0) is 68.2 Å². The molecule has 1 saturated carbocycles. The molecule has 1 aromatic carbocycles. The summed E-state index contributed by atoms with van der Waals surface area (Å²) in [6.07, 6.45) is 5.04. The molecule has 3 fully saturated rings. The van der Waals surface area contributed by atoms with E-state index < -0.39 is 10.0 Å². The Labute approximate surface area is 156 Å². The fourth-order valence-corrected chi connectivity index (χ4v) is 6.42. The fraction of sp³-hybridized carbons (Fsp3) is 0.684. The van der Waals surface area contributed by atoms with Crippen LogP contribution in [-0.2, 0) is 16.6 Å².